The number of methoxy groups -OCH3 is 1. The number of nitrogens with one attached hydrogen (secondary N) is 2. The molecule has 0 radical (unpaired) electrons. The maximum Gasteiger partial charge on any atom is 0.311 e. The molecule has 0 aliphatic carbocycles. The molecule has 5 heterocycles. The number of benzene rings is 1. The Morgan fingerprint density at radius 3 is 2.31 bits per heavy atom. The minimum Gasteiger partial charge on any atom is -0.459 e. The third-order valence-corrected chi connectivity index (χ3v) is 16.3. The lowest BCUT2D eigenvalue weighted by Crippen LogP contribution is -2.61. The van der Waals surface area contributed by atoms with Gasteiger partial charge in [0.15, 0.2) is 18.7 Å². The molecule has 5 aliphatic heterocycles. The molecule has 6 rings (SSSR count). The number of carbonyl (C=O) groups is 1. The first-order valence-corrected chi connectivity index (χ1v) is 26.4. The van der Waals surface area contributed by atoms with Gasteiger partial charge in [0.2, 0.25) is 0 Å². The van der Waals surface area contributed by atoms with Crippen molar-refractivity contribution in [2.75, 3.05) is 40.8 Å². The van der Waals surface area contributed by atoms with Gasteiger partial charge in [-0.05, 0) is 106 Å². The van der Waals surface area contributed by atoms with Crippen molar-refractivity contribution in [3.63, 3.8) is 0 Å². The van der Waals surface area contributed by atoms with E-state index in [9.17, 15) is 30.3 Å². The molecule has 1 aromatic carbocycles. The van der Waals surface area contributed by atoms with E-state index in [2.05, 4.69) is 21.0 Å². The van der Waals surface area contributed by atoms with Gasteiger partial charge in [0.25, 0.3) is 0 Å². The third-order valence-electron chi connectivity index (χ3n) is 15.8. The van der Waals surface area contributed by atoms with Gasteiger partial charge >= 0.3 is 5.97 Å². The smallest absolute Gasteiger partial charge is 0.311 e. The van der Waals surface area contributed by atoms with Gasteiger partial charge in [-0.1, -0.05) is 49.1 Å². The summed E-state index contributed by atoms with van der Waals surface area (Å²) in [7, 11) is 5.29. The number of oxime groups is 1. The number of aliphatic hydroxyl groups is 5. The van der Waals surface area contributed by atoms with E-state index >= 15 is 0 Å². The molecule has 0 bridgehead atoms. The second kappa shape index (κ2) is 24.3. The van der Waals surface area contributed by atoms with Gasteiger partial charge in [0, 0.05) is 85.0 Å². The summed E-state index contributed by atoms with van der Waals surface area (Å²) in [4.78, 5) is 24.2. The fourth-order valence-corrected chi connectivity index (χ4v) is 11.9. The summed E-state index contributed by atoms with van der Waals surface area (Å²) in [5.41, 5.74) is 4.42. The van der Waals surface area contributed by atoms with Crippen molar-refractivity contribution in [3.8, 4) is 0 Å². The molecular weight excluding hydrogens is 975 g/mol. The molecular formula is C51H84Cl2N6O13. The van der Waals surface area contributed by atoms with Crippen LogP contribution in [-0.4, -0.2) is 189 Å². The second-order valence-corrected chi connectivity index (χ2v) is 23.0. The van der Waals surface area contributed by atoms with Gasteiger partial charge in [-0.15, -0.1) is 5.53 Å². The molecule has 0 aromatic heterocycles. The summed E-state index contributed by atoms with van der Waals surface area (Å²) >= 11 is 12.5. The van der Waals surface area contributed by atoms with Crippen LogP contribution in [0.4, 0.5) is 0 Å². The van der Waals surface area contributed by atoms with E-state index in [1.54, 1.807) is 47.6 Å². The summed E-state index contributed by atoms with van der Waals surface area (Å²) in [6.07, 6.45) is -6.07. The molecule has 3 fully saturated rings. The van der Waals surface area contributed by atoms with Crippen LogP contribution in [0, 0.1) is 17.8 Å². The first kappa shape index (κ1) is 58.8. The zero-order valence-electron chi connectivity index (χ0n) is 44.5. The van der Waals surface area contributed by atoms with E-state index in [0.717, 1.165) is 17.0 Å². The number of likely N-dealkylation sites (N-methyl/N-ethyl adjacent to an activating group) is 2. The standard InChI is InChI=1S/C51H84Cl2N6O13/c1-14-40-51(10,65)44(61)31(6)58(12)24-27(2)22-49(8,64)46(29(4)43(30(5)47(63)69-40)70-41-23-50(9,66-13)45(62)32(7)68-41)71-48-42(60)39(17-28(3)67-48)57(11)16-15-36-25-59(56-54-36)26-37-21-38(55-72-37)33-18-34(52)20-35(53)19-33/h18-20,25,27-32,37,39-46,48,54,56,60-62,64-65H,14-17,21-24,26H2,1-13H3/t27-,28-,29+,30-,31-,32+,37-,39+,40-,41+,42-,43+,44-,45+,46-,48+,49-,50-,51-/m1/s1. The van der Waals surface area contributed by atoms with Crippen molar-refractivity contribution in [3.05, 3.63) is 45.7 Å². The average Bonchev–Trinajstić information content (AvgIpc) is 3.98. The van der Waals surface area contributed by atoms with E-state index in [1.807, 2.05) is 63.1 Å². The van der Waals surface area contributed by atoms with Crippen LogP contribution in [0.5, 0.6) is 0 Å². The quantitative estimate of drug-likeness (QED) is 0.137. The van der Waals surface area contributed by atoms with Crippen LogP contribution in [0.3, 0.4) is 0 Å². The minimum absolute atomic E-state index is 0.101. The molecule has 72 heavy (non-hydrogen) atoms. The van der Waals surface area contributed by atoms with Gasteiger partial charge in [0.1, 0.15) is 30.0 Å². The van der Waals surface area contributed by atoms with Crippen LogP contribution in [-0.2, 0) is 38.1 Å². The van der Waals surface area contributed by atoms with Gasteiger partial charge in [0.05, 0.1) is 53.8 Å². The summed E-state index contributed by atoms with van der Waals surface area (Å²) in [6.45, 7) is 19.1. The molecule has 5 aliphatic rings. The Bertz CT molecular complexity index is 2020. The highest BCUT2D eigenvalue weighted by Crippen LogP contribution is 2.40. The largest absolute Gasteiger partial charge is 0.459 e. The Labute approximate surface area is 436 Å². The summed E-state index contributed by atoms with van der Waals surface area (Å²) in [6, 6.07) is 4.32. The Hall–Kier alpha value is -2.44. The van der Waals surface area contributed by atoms with Gasteiger partial charge in [-0.25, -0.2) is 0 Å². The molecule has 7 N–H and O–H groups in total. The highest BCUT2D eigenvalue weighted by molar-refractivity contribution is 6.35. The molecule has 1 aromatic rings. The minimum atomic E-state index is -1.84. The fourth-order valence-electron chi connectivity index (χ4n) is 11.4. The van der Waals surface area contributed by atoms with Crippen LogP contribution in [0.2, 0.25) is 10.0 Å². The number of aliphatic hydroxyl groups excluding tert-OH is 3. The zero-order valence-corrected chi connectivity index (χ0v) is 46.0. The van der Waals surface area contributed by atoms with Crippen molar-refractivity contribution in [1.82, 2.24) is 25.8 Å². The SMILES string of the molecule is CC[C@H]1OC(=O)[C@H](C)[C@@H](O[C@H]2C[C@@](C)(OC)[C@@H](O)[C@H](C)O2)[C@H](C)[C@@H](O[C@@H]2O[C@H](C)C[C@H](N(C)CCC3=CN(C[C@H]4CC(c5cc(Cl)cc(Cl)c5)=NO4)NN3)[C@H]2O)[C@](C)(O)C[C@@H](C)CN(C)[C@H](C)[C@@H](O)[C@]1(C)O. The Morgan fingerprint density at radius 2 is 1.65 bits per heavy atom. The Morgan fingerprint density at radius 1 is 0.972 bits per heavy atom. The molecule has 3 saturated heterocycles. The van der Waals surface area contributed by atoms with E-state index in [4.69, 9.17) is 56.5 Å². The first-order valence-electron chi connectivity index (χ1n) is 25.6. The number of cyclic esters (lactones) is 1. The fraction of sp³-hybridized carbons (Fsp3) is 0.804. The molecule has 0 saturated carbocycles. The predicted molar refractivity (Wildman–Crippen MR) is 271 cm³/mol. The number of hydrogen-bond acceptors (Lipinski definition) is 19. The Balaban J connectivity index is 1.22. The van der Waals surface area contributed by atoms with E-state index in [0.29, 0.717) is 48.9 Å². The van der Waals surface area contributed by atoms with Crippen LogP contribution in [0.1, 0.15) is 113 Å². The molecule has 410 valence electrons. The first-order chi connectivity index (χ1) is 33.7. The molecule has 0 amide bonds. The maximum absolute atomic E-state index is 14.5. The van der Waals surface area contributed by atoms with Crippen molar-refractivity contribution in [2.45, 2.75) is 204 Å². The maximum atomic E-state index is 14.5. The zero-order chi connectivity index (χ0) is 53.2. The third kappa shape index (κ3) is 13.7. The monoisotopic (exact) mass is 1060 g/mol. The number of hydrazine groups is 2. The molecule has 0 unspecified atom stereocenters. The van der Waals surface area contributed by atoms with E-state index in [1.165, 1.54) is 14.0 Å². The van der Waals surface area contributed by atoms with Crippen molar-refractivity contribution in [2.24, 2.45) is 22.9 Å². The van der Waals surface area contributed by atoms with Gasteiger partial charge in [-0.2, -0.15) is 0 Å². The topological polar surface area (TPSA) is 229 Å². The second-order valence-electron chi connectivity index (χ2n) is 22.1. The number of hydrogen-bond donors (Lipinski definition) is 7. The van der Waals surface area contributed by atoms with Crippen LogP contribution >= 0.6 is 23.2 Å². The molecule has 19 atom stereocenters. The van der Waals surface area contributed by atoms with Crippen molar-refractivity contribution < 1.29 is 63.6 Å². The van der Waals surface area contributed by atoms with Crippen LogP contribution in [0.15, 0.2) is 35.3 Å². The lowest BCUT2D eigenvalue weighted by molar-refractivity contribution is -0.318. The van der Waals surface area contributed by atoms with Gasteiger partial charge < -0.3 is 74.0 Å². The lowest BCUT2D eigenvalue weighted by atomic mass is 9.77. The highest BCUT2D eigenvalue weighted by Gasteiger charge is 2.53. The lowest BCUT2D eigenvalue weighted by Gasteiger charge is -2.49. The summed E-state index contributed by atoms with van der Waals surface area (Å²) in [5.74, 6) is -2.78. The Kier molecular flexibility index (Phi) is 19.8. The summed E-state index contributed by atoms with van der Waals surface area (Å²) in [5, 5.41) is 67.0. The number of carbonyl (C=O) groups excluding carboxylic acids is 1. The van der Waals surface area contributed by atoms with Crippen LogP contribution in [0.25, 0.3) is 0 Å². The number of halogens is 2. The van der Waals surface area contributed by atoms with E-state index in [-0.39, 0.29) is 37.4 Å². The molecule has 19 nitrogen and oxygen atoms in total. The van der Waals surface area contributed by atoms with E-state index < -0.39 is 102 Å². The van der Waals surface area contributed by atoms with Crippen molar-refractivity contribution >= 4 is 34.9 Å². The number of ether oxygens (including phenoxy) is 6. The number of nitrogens with zero attached hydrogens (tertiary/aromatic N) is 4. The average molecular weight is 1060 g/mol. The normalized spacial score (nSPS) is 42.0. The molecule has 0 spiro atoms. The van der Waals surface area contributed by atoms with Crippen LogP contribution < -0.4 is 11.0 Å². The summed E-state index contributed by atoms with van der Waals surface area (Å²) < 4.78 is 38.3. The molecule has 21 heteroatoms. The number of esters is 1. The number of rotatable bonds is 13. The predicted octanol–water partition coefficient (Wildman–Crippen LogP) is 4.33. The highest BCUT2D eigenvalue weighted by atomic mass is 35.5. The van der Waals surface area contributed by atoms with Gasteiger partial charge in [-0.3, -0.25) is 9.80 Å². The van der Waals surface area contributed by atoms with Crippen molar-refractivity contribution in [1.29, 1.82) is 0 Å².